The summed E-state index contributed by atoms with van der Waals surface area (Å²) in [5.41, 5.74) is 0.830. The normalized spacial score (nSPS) is 16.0. The number of nitrogens with zero attached hydrogens (tertiary/aromatic N) is 3. The van der Waals surface area contributed by atoms with Gasteiger partial charge in [-0.3, -0.25) is 4.79 Å². The number of aromatic nitrogens is 2. The summed E-state index contributed by atoms with van der Waals surface area (Å²) < 4.78 is 28.9. The second kappa shape index (κ2) is 6.09. The first kappa shape index (κ1) is 15.6. The molecule has 23 heavy (non-hydrogen) atoms. The average Bonchev–Trinajstić information content (AvgIpc) is 2.92. The van der Waals surface area contributed by atoms with Gasteiger partial charge in [0.05, 0.1) is 18.7 Å². The van der Waals surface area contributed by atoms with Crippen LogP contribution in [0.3, 0.4) is 0 Å². The lowest BCUT2D eigenvalue weighted by atomic mass is 10.0. The number of nitrogens with one attached hydrogen (secondary N) is 1. The lowest BCUT2D eigenvalue weighted by molar-refractivity contribution is -0.128. The molecule has 1 aromatic heterocycles. The van der Waals surface area contributed by atoms with Crippen molar-refractivity contribution in [2.24, 2.45) is 5.92 Å². The molecule has 0 unspecified atom stereocenters. The van der Waals surface area contributed by atoms with E-state index in [0.29, 0.717) is 11.7 Å². The third-order valence-corrected chi connectivity index (χ3v) is 4.84. The Morgan fingerprint density at radius 1 is 1.35 bits per heavy atom. The fourth-order valence-corrected chi connectivity index (χ4v) is 3.11. The van der Waals surface area contributed by atoms with Crippen molar-refractivity contribution >= 4 is 15.9 Å². The molecule has 1 aliphatic rings. The van der Waals surface area contributed by atoms with E-state index in [0.717, 1.165) is 11.8 Å². The Kier molecular flexibility index (Phi) is 4.14. The van der Waals surface area contributed by atoms with E-state index < -0.39 is 10.0 Å². The van der Waals surface area contributed by atoms with Gasteiger partial charge in [-0.25, -0.2) is 12.7 Å². The van der Waals surface area contributed by atoms with Crippen molar-refractivity contribution in [1.82, 2.24) is 19.8 Å². The monoisotopic (exact) mass is 336 g/mol. The van der Waals surface area contributed by atoms with Crippen LogP contribution in [-0.4, -0.2) is 48.1 Å². The van der Waals surface area contributed by atoms with E-state index in [-0.39, 0.29) is 31.5 Å². The molecule has 0 aliphatic carbocycles. The number of sulfonamides is 1. The second-order valence-corrected chi connectivity index (χ2v) is 7.35. The van der Waals surface area contributed by atoms with E-state index in [1.54, 1.807) is 0 Å². The Morgan fingerprint density at radius 3 is 2.70 bits per heavy atom. The van der Waals surface area contributed by atoms with Gasteiger partial charge < -0.3 is 9.84 Å². The molecule has 0 radical (unpaired) electrons. The molecule has 0 atom stereocenters. The lowest BCUT2D eigenvalue weighted by Gasteiger charge is -2.35. The summed E-state index contributed by atoms with van der Waals surface area (Å²) in [6.07, 6.45) is 1.13. The van der Waals surface area contributed by atoms with Crippen LogP contribution in [0.2, 0.25) is 0 Å². The van der Waals surface area contributed by atoms with Gasteiger partial charge in [-0.2, -0.15) is 4.98 Å². The van der Waals surface area contributed by atoms with Crippen LogP contribution in [0.5, 0.6) is 0 Å². The first-order chi connectivity index (χ1) is 10.9. The standard InChI is InChI=1S/C14H16N4O4S/c1-23(20,21)18-8-11(9-18)14(19)15-7-12-16-13(17-22-12)10-5-3-2-4-6-10/h2-6,11H,7-9H2,1H3,(H,15,19). The lowest BCUT2D eigenvalue weighted by Crippen LogP contribution is -2.55. The van der Waals surface area contributed by atoms with Crippen LogP contribution in [0.25, 0.3) is 11.4 Å². The SMILES string of the molecule is CS(=O)(=O)N1CC(C(=O)NCc2nc(-c3ccccc3)no2)C1. The Labute approximate surface area is 133 Å². The topological polar surface area (TPSA) is 105 Å². The molecule has 1 aromatic carbocycles. The minimum absolute atomic E-state index is 0.119. The highest BCUT2D eigenvalue weighted by Crippen LogP contribution is 2.19. The van der Waals surface area contributed by atoms with Gasteiger partial charge >= 0.3 is 0 Å². The van der Waals surface area contributed by atoms with Gasteiger partial charge in [0.25, 0.3) is 0 Å². The molecule has 1 saturated heterocycles. The summed E-state index contributed by atoms with van der Waals surface area (Å²) in [5.74, 6) is 0.212. The molecule has 2 aromatic rings. The second-order valence-electron chi connectivity index (χ2n) is 5.37. The van der Waals surface area contributed by atoms with Gasteiger partial charge in [0, 0.05) is 18.7 Å². The van der Waals surface area contributed by atoms with Gasteiger partial charge in [0.15, 0.2) is 0 Å². The number of carbonyl (C=O) groups excluding carboxylic acids is 1. The molecule has 0 spiro atoms. The van der Waals surface area contributed by atoms with E-state index in [1.165, 1.54) is 4.31 Å². The molecular formula is C14H16N4O4S. The predicted octanol–water partition coefficient (Wildman–Crippen LogP) is 0.244. The summed E-state index contributed by atoms with van der Waals surface area (Å²) in [7, 11) is -3.21. The first-order valence-electron chi connectivity index (χ1n) is 7.04. The maximum atomic E-state index is 11.9. The summed E-state index contributed by atoms with van der Waals surface area (Å²) >= 11 is 0. The van der Waals surface area contributed by atoms with E-state index in [9.17, 15) is 13.2 Å². The van der Waals surface area contributed by atoms with Crippen molar-refractivity contribution in [3.63, 3.8) is 0 Å². The molecule has 1 N–H and O–H groups in total. The van der Waals surface area contributed by atoms with Crippen LogP contribution in [0, 0.1) is 5.92 Å². The van der Waals surface area contributed by atoms with E-state index in [4.69, 9.17) is 4.52 Å². The quantitative estimate of drug-likeness (QED) is 0.839. The van der Waals surface area contributed by atoms with Crippen molar-refractivity contribution in [3.05, 3.63) is 36.2 Å². The maximum Gasteiger partial charge on any atom is 0.246 e. The number of rotatable bonds is 5. The molecule has 1 fully saturated rings. The molecule has 1 amide bonds. The largest absolute Gasteiger partial charge is 0.347 e. The zero-order valence-electron chi connectivity index (χ0n) is 12.5. The summed E-state index contributed by atoms with van der Waals surface area (Å²) in [6.45, 7) is 0.543. The fourth-order valence-electron chi connectivity index (χ4n) is 2.21. The van der Waals surface area contributed by atoms with Gasteiger partial charge in [-0.05, 0) is 0 Å². The van der Waals surface area contributed by atoms with Crippen molar-refractivity contribution in [3.8, 4) is 11.4 Å². The Morgan fingerprint density at radius 2 is 2.04 bits per heavy atom. The minimum Gasteiger partial charge on any atom is -0.347 e. The number of benzene rings is 1. The van der Waals surface area contributed by atoms with Gasteiger partial charge in [0.1, 0.15) is 0 Å². The van der Waals surface area contributed by atoms with Crippen LogP contribution in [0.15, 0.2) is 34.9 Å². The third kappa shape index (κ3) is 3.57. The molecule has 0 saturated carbocycles. The Bertz CT molecular complexity index is 797. The maximum absolute atomic E-state index is 11.9. The van der Waals surface area contributed by atoms with Crippen molar-refractivity contribution in [2.75, 3.05) is 19.3 Å². The van der Waals surface area contributed by atoms with Crippen molar-refractivity contribution in [1.29, 1.82) is 0 Å². The minimum atomic E-state index is -3.21. The molecule has 0 bridgehead atoms. The summed E-state index contributed by atoms with van der Waals surface area (Å²) in [5, 5.41) is 6.54. The van der Waals surface area contributed by atoms with Crippen LogP contribution in [0.4, 0.5) is 0 Å². The summed E-state index contributed by atoms with van der Waals surface area (Å²) in [4.78, 5) is 16.1. The van der Waals surface area contributed by atoms with Gasteiger partial charge in [0.2, 0.25) is 27.6 Å². The zero-order chi connectivity index (χ0) is 16.4. The highest BCUT2D eigenvalue weighted by atomic mass is 32.2. The van der Waals surface area contributed by atoms with Crippen molar-refractivity contribution < 1.29 is 17.7 Å². The molecular weight excluding hydrogens is 320 g/mol. The predicted molar refractivity (Wildman–Crippen MR) is 81.5 cm³/mol. The zero-order valence-corrected chi connectivity index (χ0v) is 13.3. The van der Waals surface area contributed by atoms with Crippen LogP contribution >= 0.6 is 0 Å². The highest BCUT2D eigenvalue weighted by molar-refractivity contribution is 7.88. The highest BCUT2D eigenvalue weighted by Gasteiger charge is 2.37. The number of carbonyl (C=O) groups is 1. The molecule has 2 heterocycles. The molecule has 122 valence electrons. The molecule has 3 rings (SSSR count). The van der Waals surface area contributed by atoms with Gasteiger partial charge in [-0.15, -0.1) is 0 Å². The van der Waals surface area contributed by atoms with Crippen molar-refractivity contribution in [2.45, 2.75) is 6.54 Å². The van der Waals surface area contributed by atoms with Crippen LogP contribution in [-0.2, 0) is 21.4 Å². The van der Waals surface area contributed by atoms with E-state index in [1.807, 2.05) is 30.3 Å². The fraction of sp³-hybridized carbons (Fsp3) is 0.357. The van der Waals surface area contributed by atoms with E-state index in [2.05, 4.69) is 15.5 Å². The Balaban J connectivity index is 1.52. The average molecular weight is 336 g/mol. The Hall–Kier alpha value is -2.26. The summed E-state index contributed by atoms with van der Waals surface area (Å²) in [6, 6.07) is 9.36. The van der Waals surface area contributed by atoms with Crippen LogP contribution < -0.4 is 5.32 Å². The number of hydrogen-bond acceptors (Lipinski definition) is 6. The number of hydrogen-bond donors (Lipinski definition) is 1. The number of amides is 1. The molecule has 9 heteroatoms. The molecule has 1 aliphatic heterocycles. The molecule has 8 nitrogen and oxygen atoms in total. The van der Waals surface area contributed by atoms with Crippen LogP contribution in [0.1, 0.15) is 5.89 Å². The first-order valence-corrected chi connectivity index (χ1v) is 8.89. The third-order valence-electron chi connectivity index (χ3n) is 3.60. The van der Waals surface area contributed by atoms with Gasteiger partial charge in [-0.1, -0.05) is 35.5 Å². The smallest absolute Gasteiger partial charge is 0.246 e. The van der Waals surface area contributed by atoms with E-state index >= 15 is 0 Å².